The van der Waals surface area contributed by atoms with E-state index in [1.54, 1.807) is 25.1 Å². The average Bonchev–Trinajstić information content (AvgIpc) is 2.69. The molecule has 0 spiro atoms. The van der Waals surface area contributed by atoms with Crippen LogP contribution in [-0.2, 0) is 19.6 Å². The van der Waals surface area contributed by atoms with Gasteiger partial charge in [-0.05, 0) is 49.7 Å². The largest absolute Gasteiger partial charge is 0.494 e. The first-order valence-electron chi connectivity index (χ1n) is 8.87. The van der Waals surface area contributed by atoms with Crippen LogP contribution in [0.15, 0.2) is 47.4 Å². The Morgan fingerprint density at radius 2 is 1.83 bits per heavy atom. The number of nitrogens with one attached hydrogen (secondary N) is 1. The summed E-state index contributed by atoms with van der Waals surface area (Å²) in [6, 6.07) is 10.8. The number of aryl methyl sites for hydroxylation is 1. The van der Waals surface area contributed by atoms with Crippen LogP contribution in [-0.4, -0.2) is 51.9 Å². The third-order valence-corrected chi connectivity index (χ3v) is 5.93. The summed E-state index contributed by atoms with van der Waals surface area (Å²) in [4.78, 5) is 24.2. The van der Waals surface area contributed by atoms with Gasteiger partial charge in [0.05, 0.1) is 36.4 Å². The smallest absolute Gasteiger partial charge is 0.339 e. The molecule has 0 aliphatic rings. The highest BCUT2D eigenvalue weighted by atomic mass is 32.2. The number of anilines is 1. The molecule has 0 atom stereocenters. The van der Waals surface area contributed by atoms with E-state index in [0.29, 0.717) is 17.9 Å². The maximum atomic E-state index is 12.8. The summed E-state index contributed by atoms with van der Waals surface area (Å²) >= 11 is 0. The molecule has 2 aromatic rings. The van der Waals surface area contributed by atoms with Gasteiger partial charge in [-0.3, -0.25) is 4.79 Å². The quantitative estimate of drug-likeness (QED) is 0.658. The number of carbonyl (C=O) groups excluding carboxylic acids is 2. The molecule has 0 heterocycles. The van der Waals surface area contributed by atoms with Crippen molar-refractivity contribution in [3.8, 4) is 5.75 Å². The van der Waals surface area contributed by atoms with Gasteiger partial charge in [0.1, 0.15) is 5.75 Å². The molecule has 0 aliphatic heterocycles. The van der Waals surface area contributed by atoms with Crippen molar-refractivity contribution < 1.29 is 27.5 Å². The summed E-state index contributed by atoms with van der Waals surface area (Å²) in [6.45, 7) is 3.64. The summed E-state index contributed by atoms with van der Waals surface area (Å²) in [5, 5.41) is 2.55. The first kappa shape index (κ1) is 22.4. The number of esters is 1. The first-order valence-corrected chi connectivity index (χ1v) is 10.3. The standard InChI is InChI=1S/C20H24N2O6S/c1-5-28-18-11-10-15(12-14(18)2)29(25,26)22(3)13-19(23)21-17-9-7-6-8-16(17)20(24)27-4/h6-12H,5,13H2,1-4H3,(H,21,23). The molecular formula is C20H24N2O6S. The minimum Gasteiger partial charge on any atom is -0.494 e. The Labute approximate surface area is 170 Å². The summed E-state index contributed by atoms with van der Waals surface area (Å²) in [5.41, 5.74) is 1.10. The van der Waals surface area contributed by atoms with Crippen molar-refractivity contribution in [3.63, 3.8) is 0 Å². The molecule has 9 heteroatoms. The van der Waals surface area contributed by atoms with Crippen LogP contribution in [0.1, 0.15) is 22.8 Å². The third-order valence-electron chi connectivity index (χ3n) is 4.13. The average molecular weight is 420 g/mol. The van der Waals surface area contributed by atoms with E-state index in [1.165, 1.54) is 38.4 Å². The minimum atomic E-state index is -3.89. The molecule has 0 saturated carbocycles. The maximum Gasteiger partial charge on any atom is 0.339 e. The fraction of sp³-hybridized carbons (Fsp3) is 0.300. The molecule has 0 saturated heterocycles. The molecule has 0 unspecified atom stereocenters. The van der Waals surface area contributed by atoms with Gasteiger partial charge in [0.2, 0.25) is 15.9 Å². The van der Waals surface area contributed by atoms with Crippen molar-refractivity contribution in [1.82, 2.24) is 4.31 Å². The van der Waals surface area contributed by atoms with Gasteiger partial charge >= 0.3 is 5.97 Å². The van der Waals surface area contributed by atoms with Crippen LogP contribution >= 0.6 is 0 Å². The monoisotopic (exact) mass is 420 g/mol. The molecule has 0 fully saturated rings. The van der Waals surface area contributed by atoms with Crippen LogP contribution < -0.4 is 10.1 Å². The number of nitrogens with zero attached hydrogens (tertiary/aromatic N) is 1. The molecule has 2 aromatic carbocycles. The Hall–Kier alpha value is -2.91. The molecular weight excluding hydrogens is 396 g/mol. The van der Waals surface area contributed by atoms with Crippen LogP contribution in [0.2, 0.25) is 0 Å². The molecule has 0 aromatic heterocycles. The van der Waals surface area contributed by atoms with Crippen LogP contribution in [0.5, 0.6) is 5.75 Å². The molecule has 29 heavy (non-hydrogen) atoms. The Kier molecular flexibility index (Phi) is 7.35. The highest BCUT2D eigenvalue weighted by Gasteiger charge is 2.24. The fourth-order valence-electron chi connectivity index (χ4n) is 2.64. The van der Waals surface area contributed by atoms with Gasteiger partial charge < -0.3 is 14.8 Å². The lowest BCUT2D eigenvalue weighted by molar-refractivity contribution is -0.116. The predicted octanol–water partition coefficient (Wildman–Crippen LogP) is 2.44. The minimum absolute atomic E-state index is 0.0590. The lowest BCUT2D eigenvalue weighted by Crippen LogP contribution is -2.35. The van der Waals surface area contributed by atoms with Crippen molar-refractivity contribution >= 4 is 27.6 Å². The topological polar surface area (TPSA) is 102 Å². The first-order chi connectivity index (χ1) is 13.7. The highest BCUT2D eigenvalue weighted by Crippen LogP contribution is 2.24. The van der Waals surface area contributed by atoms with Gasteiger partial charge in [-0.15, -0.1) is 0 Å². The fourth-order valence-corrected chi connectivity index (χ4v) is 3.85. The zero-order valence-electron chi connectivity index (χ0n) is 16.8. The number of ether oxygens (including phenoxy) is 2. The van der Waals surface area contributed by atoms with Gasteiger partial charge in [-0.1, -0.05) is 12.1 Å². The van der Waals surface area contributed by atoms with Gasteiger partial charge in [0.25, 0.3) is 0 Å². The number of methoxy groups -OCH3 is 1. The predicted molar refractivity (Wildman–Crippen MR) is 109 cm³/mol. The molecule has 2 rings (SSSR count). The van der Waals surface area contributed by atoms with Crippen LogP contribution in [0.3, 0.4) is 0 Å². The number of sulfonamides is 1. The van der Waals surface area contributed by atoms with E-state index in [2.05, 4.69) is 10.1 Å². The van der Waals surface area contributed by atoms with Gasteiger partial charge in [-0.2, -0.15) is 4.31 Å². The van der Waals surface area contributed by atoms with Crippen molar-refractivity contribution in [2.75, 3.05) is 32.6 Å². The molecule has 0 radical (unpaired) electrons. The molecule has 1 N–H and O–H groups in total. The zero-order valence-corrected chi connectivity index (χ0v) is 17.6. The second-order valence-electron chi connectivity index (χ2n) is 6.21. The lowest BCUT2D eigenvalue weighted by Gasteiger charge is -2.18. The third kappa shape index (κ3) is 5.33. The summed E-state index contributed by atoms with van der Waals surface area (Å²) in [5.74, 6) is -0.590. The molecule has 156 valence electrons. The van der Waals surface area contributed by atoms with Gasteiger partial charge in [0, 0.05) is 7.05 Å². The van der Waals surface area contributed by atoms with Crippen molar-refractivity contribution in [3.05, 3.63) is 53.6 Å². The normalized spacial score (nSPS) is 11.2. The molecule has 0 bridgehead atoms. The van der Waals surface area contributed by atoms with E-state index < -0.39 is 28.4 Å². The second kappa shape index (κ2) is 9.53. The Balaban J connectivity index is 2.15. The maximum absolute atomic E-state index is 12.8. The molecule has 8 nitrogen and oxygen atoms in total. The van der Waals surface area contributed by atoms with E-state index in [4.69, 9.17) is 4.74 Å². The Morgan fingerprint density at radius 3 is 2.45 bits per heavy atom. The van der Waals surface area contributed by atoms with E-state index in [0.717, 1.165) is 4.31 Å². The number of amides is 1. The summed E-state index contributed by atoms with van der Waals surface area (Å²) in [7, 11) is -1.34. The second-order valence-corrected chi connectivity index (χ2v) is 8.25. The number of likely N-dealkylation sites (N-methyl/N-ethyl adjacent to an activating group) is 1. The molecule has 0 aliphatic carbocycles. The Morgan fingerprint density at radius 1 is 1.14 bits per heavy atom. The number of hydrogen-bond acceptors (Lipinski definition) is 6. The lowest BCUT2D eigenvalue weighted by atomic mass is 10.2. The van der Waals surface area contributed by atoms with E-state index in [1.807, 2.05) is 6.92 Å². The SMILES string of the molecule is CCOc1ccc(S(=O)(=O)N(C)CC(=O)Nc2ccccc2C(=O)OC)cc1C. The van der Waals surface area contributed by atoms with Crippen molar-refractivity contribution in [1.29, 1.82) is 0 Å². The summed E-state index contributed by atoms with van der Waals surface area (Å²) in [6.07, 6.45) is 0. The number of carbonyl (C=O) groups is 2. The van der Waals surface area contributed by atoms with Gasteiger partial charge in [-0.25, -0.2) is 13.2 Å². The van der Waals surface area contributed by atoms with E-state index in [9.17, 15) is 18.0 Å². The van der Waals surface area contributed by atoms with Gasteiger partial charge in [0.15, 0.2) is 0 Å². The number of para-hydroxylation sites is 1. The van der Waals surface area contributed by atoms with Crippen LogP contribution in [0.25, 0.3) is 0 Å². The number of hydrogen-bond donors (Lipinski definition) is 1. The summed E-state index contributed by atoms with van der Waals surface area (Å²) < 4.78 is 36.6. The zero-order chi connectivity index (χ0) is 21.6. The number of benzene rings is 2. The number of rotatable bonds is 8. The van der Waals surface area contributed by atoms with Crippen LogP contribution in [0, 0.1) is 6.92 Å². The molecule has 1 amide bonds. The van der Waals surface area contributed by atoms with E-state index >= 15 is 0 Å². The van der Waals surface area contributed by atoms with E-state index in [-0.39, 0.29) is 16.1 Å². The van der Waals surface area contributed by atoms with Crippen molar-refractivity contribution in [2.24, 2.45) is 0 Å². The Bertz CT molecular complexity index is 1000. The van der Waals surface area contributed by atoms with Crippen LogP contribution in [0.4, 0.5) is 5.69 Å². The highest BCUT2D eigenvalue weighted by molar-refractivity contribution is 7.89. The van der Waals surface area contributed by atoms with Crippen molar-refractivity contribution in [2.45, 2.75) is 18.7 Å².